The smallest absolute Gasteiger partial charge is 0.168 e. The summed E-state index contributed by atoms with van der Waals surface area (Å²) in [6, 6.07) is 0. The summed E-state index contributed by atoms with van der Waals surface area (Å²) in [5, 5.41) is 0. The van der Waals surface area contributed by atoms with Crippen molar-refractivity contribution < 1.29 is 4.58 Å². The molecule has 0 saturated heterocycles. The molecule has 0 radical (unpaired) electrons. The van der Waals surface area contributed by atoms with Crippen LogP contribution in [0, 0.1) is 0 Å². The van der Waals surface area contributed by atoms with Crippen LogP contribution >= 0.6 is 37.2 Å². The van der Waals surface area contributed by atoms with Gasteiger partial charge >= 0.3 is 0 Å². The third kappa shape index (κ3) is 5.37. The Hall–Kier alpha value is -0.110. The van der Waals surface area contributed by atoms with Gasteiger partial charge < -0.3 is 4.90 Å². The van der Waals surface area contributed by atoms with E-state index >= 15 is 0 Å². The van der Waals surface area contributed by atoms with Crippen LogP contribution in [0.2, 0.25) is 0 Å². The van der Waals surface area contributed by atoms with Gasteiger partial charge in [0.2, 0.25) is 0 Å². The SMILES string of the molecule is CN1C=CC(=CC=CC2=CC=[N+](C)C2)C1.II. The molecule has 17 heavy (non-hydrogen) atoms. The molecule has 2 aliphatic heterocycles. The lowest BCUT2D eigenvalue weighted by Gasteiger charge is -2.04. The van der Waals surface area contributed by atoms with Crippen molar-refractivity contribution in [3.63, 3.8) is 0 Å². The van der Waals surface area contributed by atoms with Gasteiger partial charge in [0.25, 0.3) is 0 Å². The summed E-state index contributed by atoms with van der Waals surface area (Å²) in [6.45, 7) is 2.05. The average Bonchev–Trinajstić information content (AvgIpc) is 2.91. The van der Waals surface area contributed by atoms with E-state index < -0.39 is 0 Å². The molecule has 0 bridgehead atoms. The van der Waals surface area contributed by atoms with E-state index in [0.717, 1.165) is 13.1 Å². The Labute approximate surface area is 127 Å². The molecule has 2 heterocycles. The fourth-order valence-corrected chi connectivity index (χ4v) is 1.74. The van der Waals surface area contributed by atoms with Crippen molar-refractivity contribution in [3.05, 3.63) is 47.7 Å². The molecule has 0 N–H and O–H groups in total. The Balaban J connectivity index is 0.000000686. The van der Waals surface area contributed by atoms with Crippen molar-refractivity contribution in [2.24, 2.45) is 0 Å². The molecule has 2 aliphatic rings. The third-order valence-electron chi connectivity index (χ3n) is 2.57. The van der Waals surface area contributed by atoms with Crippen LogP contribution in [0.1, 0.15) is 0 Å². The van der Waals surface area contributed by atoms with Gasteiger partial charge in [0.05, 0.1) is 0 Å². The lowest BCUT2D eigenvalue weighted by Crippen LogP contribution is -2.06. The largest absolute Gasteiger partial charge is 0.376 e. The second-order valence-corrected chi connectivity index (χ2v) is 4.14. The fraction of sp³-hybridized carbons (Fsp3) is 0.308. The van der Waals surface area contributed by atoms with E-state index in [1.165, 1.54) is 11.1 Å². The fourth-order valence-electron chi connectivity index (χ4n) is 1.74. The normalized spacial score (nSPS) is 20.7. The van der Waals surface area contributed by atoms with Crippen LogP contribution in [-0.2, 0) is 0 Å². The number of likely N-dealkylation sites (N-methyl/N-ethyl adjacent to an activating group) is 2. The van der Waals surface area contributed by atoms with Gasteiger partial charge in [-0.3, -0.25) is 0 Å². The van der Waals surface area contributed by atoms with Crippen molar-refractivity contribution in [3.8, 4) is 0 Å². The monoisotopic (exact) mass is 455 g/mol. The predicted octanol–water partition coefficient (Wildman–Crippen LogP) is 3.35. The summed E-state index contributed by atoms with van der Waals surface area (Å²) >= 11 is 4.24. The first-order valence-corrected chi connectivity index (χ1v) is 11.7. The summed E-state index contributed by atoms with van der Waals surface area (Å²) in [4.78, 5) is 2.18. The Kier molecular flexibility index (Phi) is 7.10. The maximum Gasteiger partial charge on any atom is 0.168 e. The minimum atomic E-state index is 1.02. The summed E-state index contributed by atoms with van der Waals surface area (Å²) in [5.41, 5.74) is 2.73. The molecule has 0 unspecified atom stereocenters. The van der Waals surface area contributed by atoms with E-state index in [2.05, 4.69) is 104 Å². The summed E-state index contributed by atoms with van der Waals surface area (Å²) < 4.78 is 2.18. The van der Waals surface area contributed by atoms with Crippen molar-refractivity contribution in [1.29, 1.82) is 0 Å². The molecule has 0 spiro atoms. The first-order valence-electron chi connectivity index (χ1n) is 5.38. The predicted molar refractivity (Wildman–Crippen MR) is 92.2 cm³/mol. The summed E-state index contributed by atoms with van der Waals surface area (Å²) in [7, 11) is 4.18. The van der Waals surface area contributed by atoms with E-state index in [0.29, 0.717) is 0 Å². The van der Waals surface area contributed by atoms with Crippen molar-refractivity contribution in [2.75, 3.05) is 27.2 Å². The molecular formula is C13H17I2N2+. The lowest BCUT2D eigenvalue weighted by atomic mass is 10.2. The van der Waals surface area contributed by atoms with Crippen molar-refractivity contribution in [1.82, 2.24) is 4.90 Å². The second kappa shape index (κ2) is 8.07. The Morgan fingerprint density at radius 2 is 2.18 bits per heavy atom. The van der Waals surface area contributed by atoms with E-state index in [1.807, 2.05) is 0 Å². The number of hydrogen-bond acceptors (Lipinski definition) is 1. The van der Waals surface area contributed by atoms with Crippen LogP contribution in [0.3, 0.4) is 0 Å². The van der Waals surface area contributed by atoms with E-state index in [9.17, 15) is 0 Å². The molecule has 0 aromatic rings. The molecule has 0 aromatic heterocycles. The topological polar surface area (TPSA) is 6.25 Å². The molecule has 0 fully saturated rings. The van der Waals surface area contributed by atoms with Gasteiger partial charge in [-0.25, -0.2) is 4.58 Å². The molecular weight excluding hydrogens is 438 g/mol. The van der Waals surface area contributed by atoms with Gasteiger partial charge in [-0.05, 0) is 17.8 Å². The van der Waals surface area contributed by atoms with Gasteiger partial charge in [0.15, 0.2) is 12.8 Å². The zero-order chi connectivity index (χ0) is 12.7. The maximum atomic E-state index is 2.18. The highest BCUT2D eigenvalue weighted by atomic mass is 128. The standard InChI is InChI=1S/C13H17N2.I2/c1-14-8-6-12(10-14)4-3-5-13-7-9-15(2)11-13;1-2/h3-9H,10-11H2,1-2H3;/q+1;. The molecule has 0 aliphatic carbocycles. The highest BCUT2D eigenvalue weighted by Crippen LogP contribution is 2.09. The van der Waals surface area contributed by atoms with E-state index in [-0.39, 0.29) is 0 Å². The van der Waals surface area contributed by atoms with Gasteiger partial charge in [0, 0.05) is 62.5 Å². The van der Waals surface area contributed by atoms with Gasteiger partial charge in [-0.2, -0.15) is 0 Å². The molecule has 2 nitrogen and oxygen atoms in total. The van der Waals surface area contributed by atoms with Crippen molar-refractivity contribution >= 4 is 43.4 Å². The molecule has 0 aromatic carbocycles. The van der Waals surface area contributed by atoms with Crippen LogP contribution in [0.15, 0.2) is 47.7 Å². The summed E-state index contributed by atoms with van der Waals surface area (Å²) in [6.07, 6.45) is 15.0. The second-order valence-electron chi connectivity index (χ2n) is 4.14. The zero-order valence-electron chi connectivity index (χ0n) is 10.1. The highest BCUT2D eigenvalue weighted by molar-refractivity contribution is 15.0. The Morgan fingerprint density at radius 3 is 2.71 bits per heavy atom. The maximum absolute atomic E-state index is 2.18. The van der Waals surface area contributed by atoms with E-state index in [4.69, 9.17) is 0 Å². The van der Waals surface area contributed by atoms with Crippen LogP contribution < -0.4 is 0 Å². The number of rotatable bonds is 2. The van der Waals surface area contributed by atoms with E-state index in [1.54, 1.807) is 0 Å². The first-order chi connectivity index (χ1) is 8.24. The quantitative estimate of drug-likeness (QED) is 0.458. The Bertz CT molecular complexity index is 404. The van der Waals surface area contributed by atoms with Crippen molar-refractivity contribution in [2.45, 2.75) is 0 Å². The molecule has 0 amide bonds. The minimum absolute atomic E-state index is 1.02. The summed E-state index contributed by atoms with van der Waals surface area (Å²) in [5.74, 6) is 0. The van der Waals surface area contributed by atoms with Crippen LogP contribution in [0.4, 0.5) is 0 Å². The highest BCUT2D eigenvalue weighted by Gasteiger charge is 2.06. The first kappa shape index (κ1) is 14.9. The third-order valence-corrected chi connectivity index (χ3v) is 2.57. The van der Waals surface area contributed by atoms with Gasteiger partial charge in [-0.1, -0.05) is 18.2 Å². The number of nitrogens with zero attached hydrogens (tertiary/aromatic N) is 2. The molecule has 4 heteroatoms. The minimum Gasteiger partial charge on any atom is -0.376 e. The lowest BCUT2D eigenvalue weighted by molar-refractivity contribution is -0.478. The molecule has 0 atom stereocenters. The molecule has 0 saturated carbocycles. The van der Waals surface area contributed by atoms with Gasteiger partial charge in [0.1, 0.15) is 7.05 Å². The van der Waals surface area contributed by atoms with Gasteiger partial charge in [-0.15, -0.1) is 0 Å². The Morgan fingerprint density at radius 1 is 1.41 bits per heavy atom. The van der Waals surface area contributed by atoms with Crippen LogP contribution in [0.5, 0.6) is 0 Å². The van der Waals surface area contributed by atoms with Crippen LogP contribution in [0.25, 0.3) is 0 Å². The number of hydrogen-bond donors (Lipinski definition) is 0. The zero-order valence-corrected chi connectivity index (χ0v) is 14.4. The number of allylic oxidation sites excluding steroid dienone is 3. The average molecular weight is 455 g/mol. The number of halogens is 2. The molecule has 92 valence electrons. The van der Waals surface area contributed by atoms with Crippen LogP contribution in [-0.4, -0.2) is 42.9 Å². The molecule has 2 rings (SSSR count).